The minimum absolute atomic E-state index is 0.411. The minimum atomic E-state index is 0.411. The predicted molar refractivity (Wildman–Crippen MR) is 103 cm³/mol. The van der Waals surface area contributed by atoms with Gasteiger partial charge in [0.2, 0.25) is 0 Å². The Morgan fingerprint density at radius 2 is 1.80 bits per heavy atom. The molecule has 0 unspecified atom stereocenters. The van der Waals surface area contributed by atoms with Gasteiger partial charge in [0.15, 0.2) is 5.82 Å². The number of halogens is 2. The number of anilines is 1. The fraction of sp³-hybridized carbons (Fsp3) is 0.0526. The van der Waals surface area contributed by atoms with Crippen molar-refractivity contribution < 1.29 is 4.74 Å². The zero-order valence-electron chi connectivity index (χ0n) is 13.2. The number of rotatable bonds is 6. The maximum absolute atomic E-state index is 6.02. The van der Waals surface area contributed by atoms with E-state index in [2.05, 4.69) is 15.5 Å². The van der Waals surface area contributed by atoms with E-state index >= 15 is 0 Å². The van der Waals surface area contributed by atoms with Crippen LogP contribution >= 0.6 is 23.2 Å². The minimum Gasteiger partial charge on any atom is -0.489 e. The Morgan fingerprint density at radius 1 is 1.04 bits per heavy atom. The summed E-state index contributed by atoms with van der Waals surface area (Å²) >= 11 is 11.8. The molecular formula is C19H15Cl2N3O. The van der Waals surface area contributed by atoms with Gasteiger partial charge in [0.25, 0.3) is 0 Å². The smallest absolute Gasteiger partial charge is 0.165 e. The highest BCUT2D eigenvalue weighted by Crippen LogP contribution is 2.22. The first-order valence-corrected chi connectivity index (χ1v) is 8.33. The maximum atomic E-state index is 6.02. The van der Waals surface area contributed by atoms with Gasteiger partial charge in [-0.2, -0.15) is 5.10 Å². The first-order valence-electron chi connectivity index (χ1n) is 7.57. The number of ether oxygens (including phenoxy) is 1. The molecule has 0 aliphatic heterocycles. The highest BCUT2D eigenvalue weighted by atomic mass is 35.5. The van der Waals surface area contributed by atoms with E-state index in [0.29, 0.717) is 22.5 Å². The maximum Gasteiger partial charge on any atom is 0.165 e. The van der Waals surface area contributed by atoms with Crippen molar-refractivity contribution >= 4 is 35.2 Å². The van der Waals surface area contributed by atoms with Gasteiger partial charge in [-0.25, -0.2) is 4.98 Å². The van der Waals surface area contributed by atoms with Crippen LogP contribution in [0.1, 0.15) is 11.1 Å². The molecule has 0 amide bonds. The Kier molecular flexibility index (Phi) is 5.88. The molecule has 3 aromatic rings. The molecule has 0 spiro atoms. The first-order chi connectivity index (χ1) is 12.2. The van der Waals surface area contributed by atoms with Gasteiger partial charge in [-0.3, -0.25) is 5.43 Å². The molecule has 0 saturated carbocycles. The monoisotopic (exact) mass is 371 g/mol. The summed E-state index contributed by atoms with van der Waals surface area (Å²) in [6.07, 6.45) is 3.18. The third kappa shape index (κ3) is 5.21. The molecule has 25 heavy (non-hydrogen) atoms. The molecule has 0 radical (unpaired) electrons. The number of nitrogens with zero attached hydrogens (tertiary/aromatic N) is 2. The van der Waals surface area contributed by atoms with Crippen LogP contribution in [0.2, 0.25) is 10.0 Å². The van der Waals surface area contributed by atoms with Crippen LogP contribution in [0.4, 0.5) is 5.82 Å². The predicted octanol–water partition coefficient (Wildman–Crippen LogP) is 5.41. The van der Waals surface area contributed by atoms with Gasteiger partial charge < -0.3 is 4.74 Å². The second-order valence-electron chi connectivity index (χ2n) is 5.20. The summed E-state index contributed by atoms with van der Waals surface area (Å²) in [4.78, 5) is 4.07. The first kappa shape index (κ1) is 17.3. The van der Waals surface area contributed by atoms with E-state index in [1.54, 1.807) is 12.3 Å². The Hall–Kier alpha value is -2.56. The molecule has 1 heterocycles. The molecular weight excluding hydrogens is 357 g/mol. The van der Waals surface area contributed by atoms with E-state index in [0.717, 1.165) is 16.9 Å². The van der Waals surface area contributed by atoms with Crippen molar-refractivity contribution in [3.8, 4) is 5.75 Å². The highest BCUT2D eigenvalue weighted by Gasteiger charge is 2.01. The van der Waals surface area contributed by atoms with Crippen molar-refractivity contribution in [2.24, 2.45) is 5.10 Å². The number of hydrogen-bond donors (Lipinski definition) is 1. The summed E-state index contributed by atoms with van der Waals surface area (Å²) in [6, 6.07) is 19.3. The molecule has 0 aliphatic rings. The molecule has 1 aromatic heterocycles. The molecule has 0 aliphatic carbocycles. The lowest BCUT2D eigenvalue weighted by Crippen LogP contribution is -1.96. The van der Waals surface area contributed by atoms with Crippen molar-refractivity contribution in [2.45, 2.75) is 6.61 Å². The summed E-state index contributed by atoms with van der Waals surface area (Å²) in [7, 11) is 0. The lowest BCUT2D eigenvalue weighted by Gasteiger charge is -2.06. The number of hydrazone groups is 1. The second-order valence-corrected chi connectivity index (χ2v) is 6.04. The summed E-state index contributed by atoms with van der Waals surface area (Å²) in [5, 5.41) is 5.01. The summed E-state index contributed by atoms with van der Waals surface area (Å²) in [5.74, 6) is 1.25. The van der Waals surface area contributed by atoms with Gasteiger partial charge in [-0.15, -0.1) is 0 Å². The lowest BCUT2D eigenvalue weighted by molar-refractivity contribution is 0.306. The average Bonchev–Trinajstić information content (AvgIpc) is 2.64. The van der Waals surface area contributed by atoms with Crippen LogP contribution in [0, 0.1) is 0 Å². The zero-order chi connectivity index (χ0) is 17.5. The Labute approximate surface area is 156 Å². The van der Waals surface area contributed by atoms with Crippen molar-refractivity contribution in [3.63, 3.8) is 0 Å². The topological polar surface area (TPSA) is 46.5 Å². The number of aromatic nitrogens is 1. The molecule has 4 nitrogen and oxygen atoms in total. The third-order valence-electron chi connectivity index (χ3n) is 3.32. The van der Waals surface area contributed by atoms with E-state index in [4.69, 9.17) is 27.9 Å². The third-order valence-corrected chi connectivity index (χ3v) is 3.82. The molecule has 126 valence electrons. The summed E-state index contributed by atoms with van der Waals surface area (Å²) < 4.78 is 5.75. The van der Waals surface area contributed by atoms with Gasteiger partial charge in [0.05, 0.1) is 16.3 Å². The molecule has 0 atom stereocenters. The van der Waals surface area contributed by atoms with E-state index in [1.165, 1.54) is 6.20 Å². The molecule has 0 fully saturated rings. The highest BCUT2D eigenvalue weighted by molar-refractivity contribution is 6.35. The second kappa shape index (κ2) is 8.51. The van der Waals surface area contributed by atoms with E-state index in [9.17, 15) is 0 Å². The van der Waals surface area contributed by atoms with Gasteiger partial charge in [-0.05, 0) is 41.5 Å². The van der Waals surface area contributed by atoms with Crippen LogP contribution in [0.25, 0.3) is 0 Å². The lowest BCUT2D eigenvalue weighted by atomic mass is 10.2. The molecule has 0 saturated heterocycles. The number of benzene rings is 2. The Bertz CT molecular complexity index is 852. The zero-order valence-corrected chi connectivity index (χ0v) is 14.7. The SMILES string of the molecule is Clc1cnc(NN=Cc2ccc(OCc3ccccc3)cc2)c(Cl)c1. The van der Waals surface area contributed by atoms with Gasteiger partial charge in [0.1, 0.15) is 12.4 Å². The van der Waals surface area contributed by atoms with E-state index in [-0.39, 0.29) is 0 Å². The van der Waals surface area contributed by atoms with E-state index in [1.807, 2.05) is 54.6 Å². The molecule has 0 bridgehead atoms. The summed E-state index contributed by atoms with van der Waals surface area (Å²) in [5.41, 5.74) is 4.84. The van der Waals surface area contributed by atoms with Gasteiger partial charge in [0, 0.05) is 6.20 Å². The molecule has 3 rings (SSSR count). The van der Waals surface area contributed by atoms with Crippen LogP contribution in [0.15, 0.2) is 72.0 Å². The normalized spacial score (nSPS) is 10.8. The van der Waals surface area contributed by atoms with E-state index < -0.39 is 0 Å². The van der Waals surface area contributed by atoms with Crippen LogP contribution < -0.4 is 10.2 Å². The van der Waals surface area contributed by atoms with Crippen LogP contribution in [0.5, 0.6) is 5.75 Å². The standard InChI is InChI=1S/C19H15Cl2N3O/c20-16-10-18(21)19(22-12-16)24-23-11-14-6-8-17(9-7-14)25-13-15-4-2-1-3-5-15/h1-12H,13H2,(H,22,24). The van der Waals surface area contributed by atoms with Gasteiger partial charge in [-0.1, -0.05) is 53.5 Å². The Balaban J connectivity index is 1.55. The molecule has 2 aromatic carbocycles. The van der Waals surface area contributed by atoms with Crippen LogP contribution in [0.3, 0.4) is 0 Å². The van der Waals surface area contributed by atoms with Gasteiger partial charge >= 0.3 is 0 Å². The fourth-order valence-electron chi connectivity index (χ4n) is 2.06. The number of hydrogen-bond acceptors (Lipinski definition) is 4. The average molecular weight is 372 g/mol. The Morgan fingerprint density at radius 3 is 2.52 bits per heavy atom. The summed E-state index contributed by atoms with van der Waals surface area (Å²) in [6.45, 7) is 0.538. The largest absolute Gasteiger partial charge is 0.489 e. The van der Waals surface area contributed by atoms with Crippen LogP contribution in [-0.4, -0.2) is 11.2 Å². The number of nitrogens with one attached hydrogen (secondary N) is 1. The quantitative estimate of drug-likeness (QED) is 0.465. The van der Waals surface area contributed by atoms with Crippen molar-refractivity contribution in [2.75, 3.05) is 5.43 Å². The van der Waals surface area contributed by atoms with Crippen LogP contribution in [-0.2, 0) is 6.61 Å². The fourth-order valence-corrected chi connectivity index (χ4v) is 2.48. The van der Waals surface area contributed by atoms with Crippen molar-refractivity contribution in [3.05, 3.63) is 88.0 Å². The van der Waals surface area contributed by atoms with Crippen molar-refractivity contribution in [1.82, 2.24) is 4.98 Å². The number of pyridine rings is 1. The molecule has 1 N–H and O–H groups in total. The molecule has 6 heteroatoms. The van der Waals surface area contributed by atoms with Crippen molar-refractivity contribution in [1.29, 1.82) is 0 Å².